The third-order valence-electron chi connectivity index (χ3n) is 4.28. The second-order valence-electron chi connectivity index (χ2n) is 5.87. The zero-order valence-electron chi connectivity index (χ0n) is 13.0. The molecule has 8 heteroatoms. The summed E-state index contributed by atoms with van der Waals surface area (Å²) in [5.41, 5.74) is 0.896. The molecule has 25 heavy (non-hydrogen) atoms. The van der Waals surface area contributed by atoms with Gasteiger partial charge in [0, 0.05) is 11.6 Å². The average Bonchev–Trinajstić information content (AvgIpc) is 3.23. The number of benzene rings is 2. The van der Waals surface area contributed by atoms with Crippen LogP contribution in [0.25, 0.3) is 10.2 Å². The predicted molar refractivity (Wildman–Crippen MR) is 102 cm³/mol. The second-order valence-corrected chi connectivity index (χ2v) is 9.63. The van der Waals surface area contributed by atoms with Crippen LogP contribution >= 0.6 is 34.5 Å². The summed E-state index contributed by atoms with van der Waals surface area (Å²) in [6.07, 6.45) is 1.54. The first-order valence-electron chi connectivity index (χ1n) is 7.79. The summed E-state index contributed by atoms with van der Waals surface area (Å²) in [4.78, 5) is 4.70. The highest BCUT2D eigenvalue weighted by molar-refractivity contribution is 7.89. The Kier molecular flexibility index (Phi) is 4.50. The molecule has 0 saturated carbocycles. The van der Waals surface area contributed by atoms with Gasteiger partial charge >= 0.3 is 0 Å². The van der Waals surface area contributed by atoms with Crippen LogP contribution in [0.1, 0.15) is 23.9 Å². The second kappa shape index (κ2) is 6.52. The Bertz CT molecular complexity index is 1020. The fourth-order valence-electron chi connectivity index (χ4n) is 3.11. The number of sulfonamides is 1. The number of nitrogens with zero attached hydrogens (tertiary/aromatic N) is 2. The van der Waals surface area contributed by atoms with Gasteiger partial charge in [-0.15, -0.1) is 11.3 Å². The summed E-state index contributed by atoms with van der Waals surface area (Å²) < 4.78 is 28.9. The Morgan fingerprint density at radius 1 is 1.16 bits per heavy atom. The molecule has 1 aliphatic heterocycles. The maximum atomic E-state index is 13.2. The molecule has 1 aliphatic rings. The van der Waals surface area contributed by atoms with Crippen molar-refractivity contribution in [3.8, 4) is 0 Å². The number of rotatable bonds is 3. The lowest BCUT2D eigenvalue weighted by Gasteiger charge is -2.23. The SMILES string of the molecule is O=S(=O)(c1cc(Cl)ccc1Cl)N1CCC[C@@H]1c1nc2ccccc2s1. The first-order chi connectivity index (χ1) is 12.0. The largest absolute Gasteiger partial charge is 0.245 e. The van der Waals surface area contributed by atoms with Crippen molar-refractivity contribution >= 4 is 54.8 Å². The summed E-state index contributed by atoms with van der Waals surface area (Å²) in [5, 5.41) is 1.35. The molecule has 0 unspecified atom stereocenters. The molecule has 1 aromatic heterocycles. The van der Waals surface area contributed by atoms with Crippen LogP contribution in [0.4, 0.5) is 0 Å². The Labute approximate surface area is 160 Å². The van der Waals surface area contributed by atoms with Gasteiger partial charge in [-0.1, -0.05) is 35.3 Å². The third kappa shape index (κ3) is 3.06. The maximum absolute atomic E-state index is 13.2. The minimum Gasteiger partial charge on any atom is -0.239 e. The lowest BCUT2D eigenvalue weighted by atomic mass is 10.2. The smallest absolute Gasteiger partial charge is 0.239 e. The van der Waals surface area contributed by atoms with Gasteiger partial charge in [-0.2, -0.15) is 4.31 Å². The van der Waals surface area contributed by atoms with Gasteiger partial charge in [0.1, 0.15) is 9.90 Å². The highest BCUT2D eigenvalue weighted by atomic mass is 35.5. The molecule has 0 bridgehead atoms. The number of aromatic nitrogens is 1. The summed E-state index contributed by atoms with van der Waals surface area (Å²) in [6, 6.07) is 12.1. The molecule has 0 aliphatic carbocycles. The van der Waals surface area contributed by atoms with Crippen molar-refractivity contribution in [2.75, 3.05) is 6.54 Å². The van der Waals surface area contributed by atoms with E-state index in [2.05, 4.69) is 4.98 Å². The topological polar surface area (TPSA) is 50.3 Å². The van der Waals surface area contributed by atoms with Crippen molar-refractivity contribution in [1.29, 1.82) is 0 Å². The maximum Gasteiger partial charge on any atom is 0.245 e. The monoisotopic (exact) mass is 412 g/mol. The summed E-state index contributed by atoms with van der Waals surface area (Å²) in [6.45, 7) is 0.450. The molecule has 0 amide bonds. The Morgan fingerprint density at radius 2 is 1.96 bits per heavy atom. The van der Waals surface area contributed by atoms with Gasteiger partial charge < -0.3 is 0 Å². The van der Waals surface area contributed by atoms with E-state index in [1.54, 1.807) is 17.4 Å². The Balaban J connectivity index is 1.77. The molecule has 1 atom stereocenters. The number of hydrogen-bond donors (Lipinski definition) is 0. The number of para-hydroxylation sites is 1. The lowest BCUT2D eigenvalue weighted by Crippen LogP contribution is -2.30. The van der Waals surface area contributed by atoms with Crippen LogP contribution in [0.15, 0.2) is 47.4 Å². The molecule has 4 rings (SSSR count). The third-order valence-corrected chi connectivity index (χ3v) is 8.04. The van der Waals surface area contributed by atoms with Gasteiger partial charge in [-0.3, -0.25) is 0 Å². The molecule has 130 valence electrons. The lowest BCUT2D eigenvalue weighted by molar-refractivity contribution is 0.396. The van der Waals surface area contributed by atoms with Crippen LogP contribution in [-0.4, -0.2) is 24.3 Å². The van der Waals surface area contributed by atoms with Gasteiger partial charge in [-0.25, -0.2) is 13.4 Å². The Morgan fingerprint density at radius 3 is 2.76 bits per heavy atom. The molecule has 1 saturated heterocycles. The number of fused-ring (bicyclic) bond motifs is 1. The van der Waals surface area contributed by atoms with E-state index >= 15 is 0 Å². The van der Waals surface area contributed by atoms with Crippen LogP contribution in [0.2, 0.25) is 10.0 Å². The van der Waals surface area contributed by atoms with Gasteiger partial charge in [0.05, 0.1) is 21.3 Å². The van der Waals surface area contributed by atoms with Gasteiger partial charge in [-0.05, 0) is 43.2 Å². The molecule has 0 spiro atoms. The molecule has 1 fully saturated rings. The number of halogens is 2. The van der Waals surface area contributed by atoms with Crippen LogP contribution in [-0.2, 0) is 10.0 Å². The van der Waals surface area contributed by atoms with Crippen LogP contribution < -0.4 is 0 Å². The van der Waals surface area contributed by atoms with Crippen molar-refractivity contribution in [2.45, 2.75) is 23.8 Å². The standard InChI is InChI=1S/C17H14Cl2N2O2S2/c18-11-7-8-12(19)16(10-11)25(22,23)21-9-3-5-14(21)17-20-13-4-1-2-6-15(13)24-17/h1-2,4,6-8,10,14H,3,5,9H2/t14-/m1/s1. The zero-order chi connectivity index (χ0) is 17.6. The molecular formula is C17H14Cl2N2O2S2. The summed E-state index contributed by atoms with van der Waals surface area (Å²) in [5.74, 6) is 0. The van der Waals surface area contributed by atoms with Crippen LogP contribution in [0.3, 0.4) is 0 Å². The van der Waals surface area contributed by atoms with Crippen LogP contribution in [0, 0.1) is 0 Å². The summed E-state index contributed by atoms with van der Waals surface area (Å²) in [7, 11) is -3.74. The minimum atomic E-state index is -3.74. The Hall–Kier alpha value is -1.18. The van der Waals surface area contributed by atoms with Crippen LogP contribution in [0.5, 0.6) is 0 Å². The highest BCUT2D eigenvalue weighted by Gasteiger charge is 2.38. The molecular weight excluding hydrogens is 399 g/mol. The molecule has 4 nitrogen and oxygen atoms in total. The fourth-order valence-corrected chi connectivity index (χ4v) is 6.69. The van der Waals surface area contributed by atoms with E-state index in [9.17, 15) is 8.42 Å². The van der Waals surface area contributed by atoms with Gasteiger partial charge in [0.15, 0.2) is 0 Å². The van der Waals surface area contributed by atoms with Crippen molar-refractivity contribution < 1.29 is 8.42 Å². The van der Waals surface area contributed by atoms with Crippen molar-refractivity contribution in [3.05, 3.63) is 57.5 Å². The number of hydrogen-bond acceptors (Lipinski definition) is 4. The minimum absolute atomic E-state index is 0.0506. The van der Waals surface area contributed by atoms with Crippen molar-refractivity contribution in [3.63, 3.8) is 0 Å². The van der Waals surface area contributed by atoms with E-state index in [0.29, 0.717) is 11.6 Å². The number of thiazole rings is 1. The van der Waals surface area contributed by atoms with Crippen molar-refractivity contribution in [2.24, 2.45) is 0 Å². The predicted octanol–water partition coefficient (Wildman–Crippen LogP) is 5.13. The van der Waals surface area contributed by atoms with E-state index in [0.717, 1.165) is 28.1 Å². The first-order valence-corrected chi connectivity index (χ1v) is 10.8. The molecule has 3 aromatic rings. The van der Waals surface area contributed by atoms with Crippen molar-refractivity contribution in [1.82, 2.24) is 9.29 Å². The van der Waals surface area contributed by atoms with Gasteiger partial charge in [0.2, 0.25) is 10.0 Å². The van der Waals surface area contributed by atoms with E-state index in [-0.39, 0.29) is 16.0 Å². The van der Waals surface area contributed by atoms with E-state index in [1.807, 2.05) is 24.3 Å². The van der Waals surface area contributed by atoms with E-state index in [4.69, 9.17) is 23.2 Å². The molecule has 2 heterocycles. The normalized spacial score (nSPS) is 18.9. The van der Waals surface area contributed by atoms with E-state index < -0.39 is 10.0 Å². The van der Waals surface area contributed by atoms with Gasteiger partial charge in [0.25, 0.3) is 0 Å². The average molecular weight is 413 g/mol. The highest BCUT2D eigenvalue weighted by Crippen LogP contribution is 2.41. The molecule has 2 aromatic carbocycles. The fraction of sp³-hybridized carbons (Fsp3) is 0.235. The molecule has 0 N–H and O–H groups in total. The first kappa shape index (κ1) is 17.2. The molecule has 0 radical (unpaired) electrons. The quantitative estimate of drug-likeness (QED) is 0.598. The summed E-state index contributed by atoms with van der Waals surface area (Å²) >= 11 is 13.7. The zero-order valence-corrected chi connectivity index (χ0v) is 16.2. The van der Waals surface area contributed by atoms with E-state index in [1.165, 1.54) is 16.4 Å².